The fourth-order valence-corrected chi connectivity index (χ4v) is 3.13. The van der Waals surface area contributed by atoms with Gasteiger partial charge in [0.25, 0.3) is 0 Å². The molecule has 0 atom stereocenters. The summed E-state index contributed by atoms with van der Waals surface area (Å²) < 4.78 is 1.12. The number of quaternary nitrogens is 1. The molecule has 0 aromatic heterocycles. The Bertz CT molecular complexity index is 210. The van der Waals surface area contributed by atoms with Gasteiger partial charge >= 0.3 is 0 Å². The Balaban J connectivity index is 0. The predicted molar refractivity (Wildman–Crippen MR) is 102 cm³/mol. The number of hydrogen-bond donors (Lipinski definition) is 0. The third kappa shape index (κ3) is 25.1. The van der Waals surface area contributed by atoms with E-state index in [1.165, 1.54) is 109 Å². The van der Waals surface area contributed by atoms with E-state index in [-0.39, 0.29) is 24.0 Å². The Morgan fingerprint density at radius 3 is 0.957 bits per heavy atom. The molecule has 0 saturated carbocycles. The highest BCUT2D eigenvalue weighted by molar-refractivity contribution is 4.49. The van der Waals surface area contributed by atoms with Crippen molar-refractivity contribution in [2.75, 3.05) is 27.7 Å². The van der Waals surface area contributed by atoms with Crippen LogP contribution in [0.3, 0.4) is 0 Å². The fourth-order valence-electron chi connectivity index (χ4n) is 3.13. The molecule has 0 aliphatic heterocycles. The second kappa shape index (κ2) is 19.0. The van der Waals surface area contributed by atoms with E-state index in [2.05, 4.69) is 28.1 Å². The van der Waals surface area contributed by atoms with Crippen molar-refractivity contribution in [2.45, 2.75) is 110 Å². The third-order valence-corrected chi connectivity index (χ3v) is 4.68. The van der Waals surface area contributed by atoms with Crippen LogP contribution in [-0.2, 0) is 0 Å². The van der Waals surface area contributed by atoms with E-state index in [1.807, 2.05) is 0 Å². The maximum Gasteiger partial charge on any atom is 0.0780 e. The summed E-state index contributed by atoms with van der Waals surface area (Å²) in [5.74, 6) is 0. The van der Waals surface area contributed by atoms with E-state index in [0.29, 0.717) is 0 Å². The third-order valence-electron chi connectivity index (χ3n) is 4.68. The van der Waals surface area contributed by atoms with Crippen molar-refractivity contribution in [3.05, 3.63) is 0 Å². The van der Waals surface area contributed by atoms with E-state index in [4.69, 9.17) is 0 Å². The normalized spacial score (nSPS) is 11.5. The number of unbranched alkanes of at least 4 members (excludes halogenated alkanes) is 15. The monoisotopic (exact) mass is 439 g/mol. The Morgan fingerprint density at radius 1 is 0.435 bits per heavy atom. The zero-order valence-electron chi connectivity index (χ0n) is 16.8. The van der Waals surface area contributed by atoms with Crippen LogP contribution < -0.4 is 24.0 Å². The standard InChI is InChI=1S/C21H46N.HI/c1-5-6-7-8-9-10-11-12-13-14-15-16-17-18-19-20-21-22(2,3)4;/h5-21H2,1-4H3;1H/q+1;/p-1. The van der Waals surface area contributed by atoms with Gasteiger partial charge < -0.3 is 28.5 Å². The topological polar surface area (TPSA) is 0 Å². The number of halogens is 1. The summed E-state index contributed by atoms with van der Waals surface area (Å²) in [4.78, 5) is 0. The molecule has 0 aromatic carbocycles. The van der Waals surface area contributed by atoms with Gasteiger partial charge in [-0.3, -0.25) is 0 Å². The molecule has 0 heterocycles. The molecule has 23 heavy (non-hydrogen) atoms. The Kier molecular flexibility index (Phi) is 21.4. The van der Waals surface area contributed by atoms with Crippen LogP contribution in [0.25, 0.3) is 0 Å². The van der Waals surface area contributed by atoms with Crippen molar-refractivity contribution >= 4 is 0 Å². The molecule has 0 N–H and O–H groups in total. The second-order valence-corrected chi connectivity index (χ2v) is 8.32. The lowest BCUT2D eigenvalue weighted by Crippen LogP contribution is -3.00. The van der Waals surface area contributed by atoms with E-state index < -0.39 is 0 Å². The van der Waals surface area contributed by atoms with Crippen LogP contribution in [0.1, 0.15) is 110 Å². The maximum atomic E-state index is 2.30. The zero-order valence-corrected chi connectivity index (χ0v) is 19.0. The van der Waals surface area contributed by atoms with Gasteiger partial charge in [0.15, 0.2) is 0 Å². The van der Waals surface area contributed by atoms with Gasteiger partial charge in [-0.25, -0.2) is 0 Å². The maximum absolute atomic E-state index is 2.30. The zero-order chi connectivity index (χ0) is 16.5. The van der Waals surface area contributed by atoms with Gasteiger partial charge in [-0.15, -0.1) is 0 Å². The van der Waals surface area contributed by atoms with Gasteiger partial charge in [-0.1, -0.05) is 96.8 Å². The van der Waals surface area contributed by atoms with Crippen LogP contribution >= 0.6 is 0 Å². The molecule has 0 aromatic rings. The van der Waals surface area contributed by atoms with Gasteiger partial charge in [-0.2, -0.15) is 0 Å². The minimum absolute atomic E-state index is 0. The average molecular weight is 440 g/mol. The van der Waals surface area contributed by atoms with Crippen molar-refractivity contribution in [1.82, 2.24) is 0 Å². The first-order valence-corrected chi connectivity index (χ1v) is 10.4. The summed E-state index contributed by atoms with van der Waals surface area (Å²) in [6, 6.07) is 0. The fraction of sp³-hybridized carbons (Fsp3) is 1.00. The summed E-state index contributed by atoms with van der Waals surface area (Å²) in [6.07, 6.45) is 23.4. The molecule has 0 unspecified atom stereocenters. The Labute approximate surface area is 165 Å². The van der Waals surface area contributed by atoms with Crippen molar-refractivity contribution in [1.29, 1.82) is 0 Å². The summed E-state index contributed by atoms with van der Waals surface area (Å²) in [5, 5.41) is 0. The SMILES string of the molecule is CCCCCCCCCCCCCCCCCC[N+](C)(C)C.[I-]. The molecule has 0 bridgehead atoms. The van der Waals surface area contributed by atoms with Crippen LogP contribution in [0.5, 0.6) is 0 Å². The lowest BCUT2D eigenvalue weighted by atomic mass is 10.0. The van der Waals surface area contributed by atoms with Crippen LogP contribution in [0, 0.1) is 0 Å². The molecule has 0 amide bonds. The molecule has 0 saturated heterocycles. The van der Waals surface area contributed by atoms with Crippen molar-refractivity contribution in [3.8, 4) is 0 Å². The molecule has 0 spiro atoms. The predicted octanol–water partition coefficient (Wildman–Crippen LogP) is 3.96. The minimum Gasteiger partial charge on any atom is -1.00 e. The molecule has 0 aliphatic carbocycles. The lowest BCUT2D eigenvalue weighted by molar-refractivity contribution is -0.870. The van der Waals surface area contributed by atoms with E-state index in [9.17, 15) is 0 Å². The first-order chi connectivity index (χ1) is 10.6. The molecular weight excluding hydrogens is 393 g/mol. The first kappa shape index (κ1) is 25.9. The average Bonchev–Trinajstić information content (AvgIpc) is 2.45. The highest BCUT2D eigenvalue weighted by Gasteiger charge is 2.04. The summed E-state index contributed by atoms with van der Waals surface area (Å²) >= 11 is 0. The minimum atomic E-state index is 0. The highest BCUT2D eigenvalue weighted by atomic mass is 127. The molecule has 2 heteroatoms. The molecule has 1 nitrogen and oxygen atoms in total. The van der Waals surface area contributed by atoms with E-state index in [1.54, 1.807) is 0 Å². The second-order valence-electron chi connectivity index (χ2n) is 8.32. The number of nitrogens with zero attached hydrogens (tertiary/aromatic N) is 1. The van der Waals surface area contributed by atoms with Crippen LogP contribution in [0.4, 0.5) is 0 Å². The largest absolute Gasteiger partial charge is 1.00 e. The molecular formula is C21H46IN. The molecule has 0 fully saturated rings. The van der Waals surface area contributed by atoms with Crippen molar-refractivity contribution in [3.63, 3.8) is 0 Å². The van der Waals surface area contributed by atoms with Crippen LogP contribution in [-0.4, -0.2) is 32.2 Å². The van der Waals surface area contributed by atoms with Crippen LogP contribution in [0.2, 0.25) is 0 Å². The molecule has 0 aliphatic rings. The smallest absolute Gasteiger partial charge is 0.0780 e. The number of rotatable bonds is 17. The van der Waals surface area contributed by atoms with Crippen molar-refractivity contribution in [2.24, 2.45) is 0 Å². The summed E-state index contributed by atoms with van der Waals surface area (Å²) in [7, 11) is 6.89. The van der Waals surface area contributed by atoms with Crippen molar-refractivity contribution < 1.29 is 28.5 Å². The van der Waals surface area contributed by atoms with Gasteiger partial charge in [0.1, 0.15) is 0 Å². The Hall–Kier alpha value is 0.690. The first-order valence-electron chi connectivity index (χ1n) is 10.4. The Morgan fingerprint density at radius 2 is 0.696 bits per heavy atom. The van der Waals surface area contributed by atoms with E-state index in [0.717, 1.165) is 4.48 Å². The molecule has 142 valence electrons. The number of hydrogen-bond acceptors (Lipinski definition) is 0. The molecule has 0 radical (unpaired) electrons. The van der Waals surface area contributed by atoms with Gasteiger partial charge in [0.05, 0.1) is 27.7 Å². The van der Waals surface area contributed by atoms with Gasteiger partial charge in [-0.05, 0) is 12.8 Å². The summed E-state index contributed by atoms with van der Waals surface area (Å²) in [5.41, 5.74) is 0. The highest BCUT2D eigenvalue weighted by Crippen LogP contribution is 2.13. The lowest BCUT2D eigenvalue weighted by Gasteiger charge is -2.23. The van der Waals surface area contributed by atoms with Gasteiger partial charge in [0, 0.05) is 0 Å². The van der Waals surface area contributed by atoms with Crippen LogP contribution in [0.15, 0.2) is 0 Å². The van der Waals surface area contributed by atoms with Gasteiger partial charge in [0.2, 0.25) is 0 Å². The van der Waals surface area contributed by atoms with E-state index >= 15 is 0 Å². The quantitative estimate of drug-likeness (QED) is 0.183. The summed E-state index contributed by atoms with van der Waals surface area (Å²) in [6.45, 7) is 3.63. The molecule has 0 rings (SSSR count).